The summed E-state index contributed by atoms with van der Waals surface area (Å²) in [7, 11) is -6.99. The quantitative estimate of drug-likeness (QED) is 0.0341. The van der Waals surface area contributed by atoms with Gasteiger partial charge in [0.05, 0.1) is 73.6 Å². The summed E-state index contributed by atoms with van der Waals surface area (Å²) in [6.45, 7) is 10.5. The van der Waals surface area contributed by atoms with Crippen LogP contribution in [0.15, 0.2) is 102 Å². The zero-order valence-corrected chi connectivity index (χ0v) is 41.9. The van der Waals surface area contributed by atoms with Crippen LogP contribution in [0.2, 0.25) is 0 Å². The Bertz CT molecular complexity index is 2560. The van der Waals surface area contributed by atoms with Gasteiger partial charge in [0, 0.05) is 17.8 Å². The molecule has 376 valence electrons. The molecule has 4 atom stereocenters. The molecule has 4 aromatic carbocycles. The highest BCUT2D eigenvalue weighted by Crippen LogP contribution is 2.31. The second-order valence-corrected chi connectivity index (χ2v) is 21.2. The summed E-state index contributed by atoms with van der Waals surface area (Å²) in [5, 5.41) is 21.4. The fourth-order valence-electron chi connectivity index (χ4n) is 5.54. The van der Waals surface area contributed by atoms with Crippen LogP contribution in [0.3, 0.4) is 0 Å². The predicted octanol–water partition coefficient (Wildman–Crippen LogP) is 11.7. The highest BCUT2D eigenvalue weighted by Gasteiger charge is 2.32. The van der Waals surface area contributed by atoms with E-state index in [4.69, 9.17) is 45.5 Å². The molecule has 0 saturated carbocycles. The van der Waals surface area contributed by atoms with E-state index in [0.717, 1.165) is 42.6 Å². The monoisotopic (exact) mass is 1070 g/mol. The summed E-state index contributed by atoms with van der Waals surface area (Å²) in [4.78, 5) is 28.3. The molecule has 0 bridgehead atoms. The Labute approximate surface area is 414 Å². The molecule has 0 saturated heterocycles. The summed E-state index contributed by atoms with van der Waals surface area (Å²) >= 11 is 15.1. The number of nitrogens with one attached hydrogen (secondary N) is 3. The van der Waals surface area contributed by atoms with E-state index < -0.39 is 65.7 Å². The molecule has 4 aromatic rings. The summed E-state index contributed by atoms with van der Waals surface area (Å²) in [5.74, 6) is -0.451. The van der Waals surface area contributed by atoms with Gasteiger partial charge in [0.1, 0.15) is 0 Å². The van der Waals surface area contributed by atoms with E-state index in [0.29, 0.717) is 34.2 Å². The first-order valence-electron chi connectivity index (χ1n) is 20.4. The molecule has 0 fully saturated rings. The van der Waals surface area contributed by atoms with Crippen LogP contribution in [0.25, 0.3) is 0 Å². The number of nitrogens with zero attached hydrogens (tertiary/aromatic N) is 3. The van der Waals surface area contributed by atoms with Crippen LogP contribution in [0.4, 0.5) is 42.5 Å². The Balaban J connectivity index is 0.000000547. The smallest absolute Gasteiger partial charge is 0.334 e. The normalized spacial score (nSPS) is 13.4. The number of amides is 2. The molecular weight excluding hydrogens is 1020 g/mol. The lowest BCUT2D eigenvalue weighted by Crippen LogP contribution is -2.45. The van der Waals surface area contributed by atoms with Gasteiger partial charge in [-0.3, -0.25) is 9.79 Å². The Morgan fingerprint density at radius 2 is 1.01 bits per heavy atom. The van der Waals surface area contributed by atoms with Crippen molar-refractivity contribution in [3.63, 3.8) is 0 Å². The van der Waals surface area contributed by atoms with E-state index in [1.165, 1.54) is 31.2 Å². The third kappa shape index (κ3) is 22.0. The third-order valence-corrected chi connectivity index (χ3v) is 14.6. The van der Waals surface area contributed by atoms with E-state index in [1.807, 2.05) is 26.0 Å². The van der Waals surface area contributed by atoms with Crippen molar-refractivity contribution >= 4 is 84.6 Å². The molecule has 0 heterocycles. The second kappa shape index (κ2) is 29.1. The first-order chi connectivity index (χ1) is 32.1. The van der Waals surface area contributed by atoms with E-state index in [1.54, 1.807) is 57.2 Å². The number of carbonyl (C=O) groups is 2. The number of anilines is 1. The molecule has 0 aromatic heterocycles. The van der Waals surface area contributed by atoms with Crippen molar-refractivity contribution in [1.82, 2.24) is 10.2 Å². The lowest BCUT2D eigenvalue weighted by atomic mass is 10.1. The van der Waals surface area contributed by atoms with Gasteiger partial charge in [-0.05, 0) is 121 Å². The molecule has 12 nitrogen and oxygen atoms in total. The fourth-order valence-corrected chi connectivity index (χ4v) is 9.62. The largest absolute Gasteiger partial charge is 0.416 e. The van der Waals surface area contributed by atoms with Crippen molar-refractivity contribution in [2.75, 3.05) is 22.2 Å². The van der Waals surface area contributed by atoms with Gasteiger partial charge in [0.25, 0.3) is 0 Å². The minimum atomic E-state index is -4.48. The molecule has 0 unspecified atom stereocenters. The highest BCUT2D eigenvalue weighted by atomic mass is 35.5. The molecule has 2 amide bonds. The molecule has 4 rings (SSSR count). The third-order valence-electron chi connectivity index (χ3n) is 9.93. The van der Waals surface area contributed by atoms with Gasteiger partial charge in [-0.2, -0.15) is 36.9 Å². The predicted molar refractivity (Wildman–Crippen MR) is 259 cm³/mol. The van der Waals surface area contributed by atoms with Gasteiger partial charge in [-0.25, -0.2) is 26.5 Å². The number of carbonyl (C=O) groups excluding carboxylic acids is 2. The van der Waals surface area contributed by atoms with E-state index in [2.05, 4.69) is 20.5 Å². The highest BCUT2D eigenvalue weighted by molar-refractivity contribution is 7.91. The molecule has 0 aliphatic carbocycles. The molecule has 0 aliphatic heterocycles. The van der Waals surface area contributed by atoms with Crippen molar-refractivity contribution in [3.8, 4) is 12.1 Å². The van der Waals surface area contributed by atoms with Crippen LogP contribution in [-0.4, -0.2) is 64.3 Å². The lowest BCUT2D eigenvalue weighted by molar-refractivity contribution is -0.138. The van der Waals surface area contributed by atoms with Crippen molar-refractivity contribution in [1.29, 1.82) is 10.5 Å². The number of aldehydes is 1. The molecule has 0 radical (unpaired) electrons. The zero-order chi connectivity index (χ0) is 52.8. The maximum absolute atomic E-state index is 12.9. The number of sulfone groups is 2. The Kier molecular flexibility index (Phi) is 26.0. The molecule has 0 spiro atoms. The molecule has 3 N–H and O–H groups in total. The Morgan fingerprint density at radius 3 is 1.33 bits per heavy atom. The zero-order valence-electron chi connectivity index (χ0n) is 38.0. The average molecular weight is 1070 g/mol. The number of halogens is 9. The second-order valence-electron chi connectivity index (χ2n) is 15.5. The average Bonchev–Trinajstić information content (AvgIpc) is 3.29. The van der Waals surface area contributed by atoms with Gasteiger partial charge in [-0.15, -0.1) is 23.2 Å². The van der Waals surface area contributed by atoms with E-state index in [9.17, 15) is 52.8 Å². The first kappa shape index (κ1) is 61.8. The fraction of sp³-hybridized carbons (Fsp3) is 0.370. The topological polar surface area (TPSA) is 198 Å². The molecule has 0 aliphatic rings. The number of nitriles is 2. The number of alkyl halides is 8. The minimum Gasteiger partial charge on any atom is -0.334 e. The molecule has 23 heteroatoms. The molecular formula is C46H51Cl3F6N6O6S2. The van der Waals surface area contributed by atoms with Gasteiger partial charge in [0.15, 0.2) is 26.0 Å². The van der Waals surface area contributed by atoms with Gasteiger partial charge in [-0.1, -0.05) is 52.0 Å². The van der Waals surface area contributed by atoms with Crippen LogP contribution in [-0.2, 0) is 36.8 Å². The van der Waals surface area contributed by atoms with Gasteiger partial charge >= 0.3 is 18.4 Å². The maximum Gasteiger partial charge on any atom is 0.416 e. The first-order valence-corrected chi connectivity index (χ1v) is 25.3. The van der Waals surface area contributed by atoms with Crippen LogP contribution in [0.1, 0.15) is 85.4 Å². The number of hydrogen-bond donors (Lipinski definition) is 3. The van der Waals surface area contributed by atoms with Crippen molar-refractivity contribution in [3.05, 3.63) is 130 Å². The number of urea groups is 1. The van der Waals surface area contributed by atoms with Crippen molar-refractivity contribution in [2.24, 2.45) is 16.8 Å². The summed E-state index contributed by atoms with van der Waals surface area (Å²) in [6.07, 6.45) is -7.39. The Morgan fingerprint density at radius 1 is 0.652 bits per heavy atom. The number of hydrogen-bond acceptors (Lipinski definition) is 10. The van der Waals surface area contributed by atoms with Crippen molar-refractivity contribution in [2.45, 2.75) is 76.5 Å². The van der Waals surface area contributed by atoms with E-state index >= 15 is 0 Å². The SMILES string of the molecule is CC(C)[C@@H](CS(=O)(=O)[C@@H](C)c1ccc(C#N)cc1)NC(=O)Nc1ccc(C(F)(F)F)cc1.CC(C)[C@@H](CS(=O)(=O)[C@@H](C)c1ccc(C#N)cc1)NCl.ClCCl.O=CC=Nc1ccc(C(F)(F)F)cc1. The van der Waals surface area contributed by atoms with Crippen LogP contribution in [0.5, 0.6) is 0 Å². The standard InChI is InChI=1S/C22H24F3N3O3S.C14H19ClN2O2S.C9H6F3NO.CH2Cl2/c1-14(2)20(13-32(30,31)15(3)17-6-4-16(12-26)5-7-17)28-21(29)27-19-10-8-18(9-11-19)22(23,24)25;1-10(2)14(17-15)9-20(18,19)11(3)13-6-4-12(8-16)5-7-13;10-9(11,12)7-1-3-8(4-2-7)13-5-6-14;2-1-3/h4-11,14-15,20H,13H2,1-3H3,(H2,27,28,29);4-7,10-11,14,17H,9H2,1-3H3;1-6H;1H2/t15-,20+;11-,14+;;/m00../s1. The van der Waals surface area contributed by atoms with Crippen molar-refractivity contribution < 1.29 is 52.8 Å². The van der Waals surface area contributed by atoms with Gasteiger partial charge in [0.2, 0.25) is 0 Å². The number of benzene rings is 4. The summed E-state index contributed by atoms with van der Waals surface area (Å²) in [6, 6.07) is 23.3. The lowest BCUT2D eigenvalue weighted by Gasteiger charge is -2.24. The number of rotatable bonds is 15. The summed E-state index contributed by atoms with van der Waals surface area (Å²) in [5.41, 5.74) is 1.02. The summed E-state index contributed by atoms with van der Waals surface area (Å²) < 4.78 is 125. The molecule has 69 heavy (non-hydrogen) atoms. The van der Waals surface area contributed by atoms with Crippen LogP contribution < -0.4 is 15.5 Å². The van der Waals surface area contributed by atoms with E-state index in [-0.39, 0.29) is 40.4 Å². The van der Waals surface area contributed by atoms with Crippen LogP contribution >= 0.6 is 35.0 Å². The Hall–Kier alpha value is -5.22. The van der Waals surface area contributed by atoms with Crippen LogP contribution in [0, 0.1) is 34.5 Å². The van der Waals surface area contributed by atoms with Gasteiger partial charge < -0.3 is 10.6 Å². The minimum absolute atomic E-state index is 0.0185. The number of aliphatic imine (C=N–C) groups is 1. The maximum atomic E-state index is 12.9.